The molecule has 0 radical (unpaired) electrons. The lowest BCUT2D eigenvalue weighted by Crippen LogP contribution is -2.54. The van der Waals surface area contributed by atoms with E-state index < -0.39 is 6.04 Å². The summed E-state index contributed by atoms with van der Waals surface area (Å²) in [5.41, 5.74) is 7.53. The number of amides is 2. The van der Waals surface area contributed by atoms with Crippen molar-refractivity contribution in [2.45, 2.75) is 6.04 Å². The van der Waals surface area contributed by atoms with Crippen LogP contribution in [0.4, 0.5) is 5.69 Å². The maximum Gasteiger partial charge on any atom is 0.246 e. The van der Waals surface area contributed by atoms with Gasteiger partial charge in [-0.15, -0.1) is 0 Å². The van der Waals surface area contributed by atoms with E-state index in [0.717, 1.165) is 11.3 Å². The van der Waals surface area contributed by atoms with Gasteiger partial charge in [0.05, 0.1) is 11.9 Å². The van der Waals surface area contributed by atoms with Gasteiger partial charge in [-0.2, -0.15) is 5.10 Å². The highest BCUT2D eigenvalue weighted by Gasteiger charge is 2.31. The van der Waals surface area contributed by atoms with E-state index in [-0.39, 0.29) is 18.4 Å². The molecule has 0 saturated carbocycles. The Morgan fingerprint density at radius 2 is 2.00 bits per heavy atom. The average Bonchev–Trinajstić information content (AvgIpc) is 3.00. The highest BCUT2D eigenvalue weighted by Crippen LogP contribution is 2.19. The van der Waals surface area contributed by atoms with Crippen LogP contribution in [-0.4, -0.2) is 46.1 Å². The first kappa shape index (κ1) is 15.2. The standard InChI is InChI=1S/C16H19N5O2/c1-19-10-13(9-18-19)21-8-7-20(11-14(21)22)16(23)15(17)12-5-3-2-4-6-12/h2-6,9-10,15H,7-8,11,17H2,1H3/t15-/m1/s1. The third kappa shape index (κ3) is 3.09. The molecule has 7 heteroatoms. The van der Waals surface area contributed by atoms with Gasteiger partial charge in [-0.1, -0.05) is 30.3 Å². The summed E-state index contributed by atoms with van der Waals surface area (Å²) in [5, 5.41) is 4.07. The van der Waals surface area contributed by atoms with Crippen molar-refractivity contribution in [1.82, 2.24) is 14.7 Å². The molecule has 0 unspecified atom stereocenters. The number of nitrogens with zero attached hydrogens (tertiary/aromatic N) is 4. The highest BCUT2D eigenvalue weighted by atomic mass is 16.2. The van der Waals surface area contributed by atoms with E-state index in [1.54, 1.807) is 29.0 Å². The SMILES string of the molecule is Cn1cc(N2CCN(C(=O)[C@H](N)c3ccccc3)CC2=O)cn1. The fourth-order valence-electron chi connectivity index (χ4n) is 2.68. The Hall–Kier alpha value is -2.67. The number of hydrogen-bond donors (Lipinski definition) is 1. The van der Waals surface area contributed by atoms with E-state index in [2.05, 4.69) is 5.10 Å². The number of carbonyl (C=O) groups excluding carboxylic acids is 2. The largest absolute Gasteiger partial charge is 0.330 e. The van der Waals surface area contributed by atoms with Gasteiger partial charge in [0, 0.05) is 26.3 Å². The van der Waals surface area contributed by atoms with Gasteiger partial charge in [-0.05, 0) is 5.56 Å². The molecule has 3 rings (SSSR count). The predicted molar refractivity (Wildman–Crippen MR) is 85.5 cm³/mol. The summed E-state index contributed by atoms with van der Waals surface area (Å²) < 4.78 is 1.64. The number of hydrogen-bond acceptors (Lipinski definition) is 4. The van der Waals surface area contributed by atoms with Crippen molar-refractivity contribution >= 4 is 17.5 Å². The van der Waals surface area contributed by atoms with E-state index in [1.165, 1.54) is 4.90 Å². The zero-order valence-corrected chi connectivity index (χ0v) is 12.9. The molecule has 1 aliphatic heterocycles. The highest BCUT2D eigenvalue weighted by molar-refractivity contribution is 5.98. The molecular formula is C16H19N5O2. The van der Waals surface area contributed by atoms with Crippen molar-refractivity contribution in [1.29, 1.82) is 0 Å². The van der Waals surface area contributed by atoms with Crippen LogP contribution in [0.5, 0.6) is 0 Å². The average molecular weight is 313 g/mol. The van der Waals surface area contributed by atoms with Crippen LogP contribution < -0.4 is 10.6 Å². The summed E-state index contributed by atoms with van der Waals surface area (Å²) in [7, 11) is 1.80. The summed E-state index contributed by atoms with van der Waals surface area (Å²) in [4.78, 5) is 28.0. The maximum absolute atomic E-state index is 12.5. The van der Waals surface area contributed by atoms with Crippen molar-refractivity contribution in [3.8, 4) is 0 Å². The molecule has 1 saturated heterocycles. The molecule has 1 fully saturated rings. The number of rotatable bonds is 3. The molecule has 0 aliphatic carbocycles. The molecule has 0 spiro atoms. The van der Waals surface area contributed by atoms with Gasteiger partial charge < -0.3 is 15.5 Å². The van der Waals surface area contributed by atoms with Crippen LogP contribution in [0.3, 0.4) is 0 Å². The monoisotopic (exact) mass is 313 g/mol. The first-order valence-electron chi connectivity index (χ1n) is 7.44. The first-order valence-corrected chi connectivity index (χ1v) is 7.44. The first-order chi connectivity index (χ1) is 11.1. The van der Waals surface area contributed by atoms with E-state index in [0.29, 0.717) is 13.1 Å². The minimum atomic E-state index is -0.742. The van der Waals surface area contributed by atoms with E-state index in [9.17, 15) is 9.59 Å². The number of anilines is 1. The molecule has 7 nitrogen and oxygen atoms in total. The Morgan fingerprint density at radius 3 is 2.61 bits per heavy atom. The molecule has 1 aromatic heterocycles. The lowest BCUT2D eigenvalue weighted by Gasteiger charge is -2.34. The quantitative estimate of drug-likeness (QED) is 0.883. The molecule has 2 amide bonds. The minimum absolute atomic E-state index is 0.0360. The molecular weight excluding hydrogens is 294 g/mol. The second kappa shape index (κ2) is 6.21. The molecule has 120 valence electrons. The van der Waals surface area contributed by atoms with Crippen LogP contribution in [0.25, 0.3) is 0 Å². The van der Waals surface area contributed by atoms with Crippen molar-refractivity contribution in [2.75, 3.05) is 24.5 Å². The number of carbonyl (C=O) groups is 2. The molecule has 2 aromatic rings. The van der Waals surface area contributed by atoms with E-state index in [1.807, 2.05) is 30.3 Å². The zero-order chi connectivity index (χ0) is 16.4. The number of nitrogens with two attached hydrogens (primary N) is 1. The molecule has 0 bridgehead atoms. The summed E-state index contributed by atoms with van der Waals surface area (Å²) in [6.45, 7) is 0.937. The Morgan fingerprint density at radius 1 is 1.26 bits per heavy atom. The summed E-state index contributed by atoms with van der Waals surface area (Å²) in [6.07, 6.45) is 3.43. The second-order valence-electron chi connectivity index (χ2n) is 5.57. The van der Waals surface area contributed by atoms with Crippen LogP contribution in [0.1, 0.15) is 11.6 Å². The van der Waals surface area contributed by atoms with Gasteiger partial charge >= 0.3 is 0 Å². The van der Waals surface area contributed by atoms with E-state index in [4.69, 9.17) is 5.73 Å². The molecule has 2 N–H and O–H groups in total. The Balaban J connectivity index is 1.68. The lowest BCUT2D eigenvalue weighted by atomic mass is 10.1. The van der Waals surface area contributed by atoms with Crippen molar-refractivity contribution in [3.05, 3.63) is 48.3 Å². The van der Waals surface area contributed by atoms with Gasteiger partial charge in [-0.25, -0.2) is 0 Å². The van der Waals surface area contributed by atoms with Crippen LogP contribution in [0.15, 0.2) is 42.7 Å². The van der Waals surface area contributed by atoms with Gasteiger partial charge in [0.15, 0.2) is 0 Å². The number of aromatic nitrogens is 2. The smallest absolute Gasteiger partial charge is 0.246 e. The zero-order valence-electron chi connectivity index (χ0n) is 12.9. The number of benzene rings is 1. The topological polar surface area (TPSA) is 84.5 Å². The fourth-order valence-corrected chi connectivity index (χ4v) is 2.68. The maximum atomic E-state index is 12.5. The van der Waals surface area contributed by atoms with Crippen LogP contribution in [-0.2, 0) is 16.6 Å². The Bertz CT molecular complexity index is 712. The predicted octanol–water partition coefficient (Wildman–Crippen LogP) is 0.295. The van der Waals surface area contributed by atoms with Gasteiger partial charge in [0.1, 0.15) is 12.6 Å². The normalized spacial score (nSPS) is 16.5. The van der Waals surface area contributed by atoms with E-state index >= 15 is 0 Å². The van der Waals surface area contributed by atoms with Crippen molar-refractivity contribution in [3.63, 3.8) is 0 Å². The lowest BCUT2D eigenvalue weighted by molar-refractivity contribution is -0.138. The second-order valence-corrected chi connectivity index (χ2v) is 5.57. The third-order valence-corrected chi connectivity index (χ3v) is 3.96. The Kier molecular flexibility index (Phi) is 4.12. The molecule has 1 aliphatic rings. The van der Waals surface area contributed by atoms with Crippen LogP contribution >= 0.6 is 0 Å². The molecule has 1 atom stereocenters. The van der Waals surface area contributed by atoms with Crippen molar-refractivity contribution in [2.24, 2.45) is 12.8 Å². The molecule has 2 heterocycles. The fraction of sp³-hybridized carbons (Fsp3) is 0.312. The van der Waals surface area contributed by atoms with Gasteiger partial charge in [-0.3, -0.25) is 14.3 Å². The Labute approximate surface area is 134 Å². The van der Waals surface area contributed by atoms with Crippen LogP contribution in [0, 0.1) is 0 Å². The summed E-state index contributed by atoms with van der Waals surface area (Å²) in [5.74, 6) is -0.353. The molecule has 23 heavy (non-hydrogen) atoms. The van der Waals surface area contributed by atoms with Crippen LogP contribution in [0.2, 0.25) is 0 Å². The molecule has 1 aromatic carbocycles. The van der Waals surface area contributed by atoms with Gasteiger partial charge in [0.2, 0.25) is 11.8 Å². The summed E-state index contributed by atoms with van der Waals surface area (Å²) in [6, 6.07) is 8.44. The third-order valence-electron chi connectivity index (χ3n) is 3.96. The van der Waals surface area contributed by atoms with Gasteiger partial charge in [0.25, 0.3) is 0 Å². The van der Waals surface area contributed by atoms with Crippen molar-refractivity contribution < 1.29 is 9.59 Å². The minimum Gasteiger partial charge on any atom is -0.330 e. The summed E-state index contributed by atoms with van der Waals surface area (Å²) >= 11 is 0. The number of piperazine rings is 1. The number of aryl methyl sites for hydroxylation is 1.